The summed E-state index contributed by atoms with van der Waals surface area (Å²) >= 11 is 0. The topological polar surface area (TPSA) is 49.4 Å². The van der Waals surface area contributed by atoms with Crippen LogP contribution >= 0.6 is 0 Å². The molecule has 1 N–H and O–H groups in total. The van der Waals surface area contributed by atoms with Crippen molar-refractivity contribution in [3.63, 3.8) is 0 Å². The molecule has 3 amide bonds. The quantitative estimate of drug-likeness (QED) is 0.748. The zero-order valence-corrected chi connectivity index (χ0v) is 8.43. The van der Waals surface area contributed by atoms with Gasteiger partial charge in [0.25, 0.3) is 5.91 Å². The van der Waals surface area contributed by atoms with Crippen molar-refractivity contribution in [2.24, 2.45) is 0 Å². The highest BCUT2D eigenvalue weighted by atomic mass is 16.2. The number of carbonyl (C=O) groups is 2. The van der Waals surface area contributed by atoms with Crippen molar-refractivity contribution < 1.29 is 9.59 Å². The second kappa shape index (κ2) is 3.73. The average molecular weight is 204 g/mol. The zero-order chi connectivity index (χ0) is 10.8. The minimum absolute atomic E-state index is 0.0785. The van der Waals surface area contributed by atoms with Gasteiger partial charge in [0.05, 0.1) is 6.04 Å². The normalized spacial score (nSPS) is 20.2. The van der Waals surface area contributed by atoms with Gasteiger partial charge in [-0.2, -0.15) is 0 Å². The van der Waals surface area contributed by atoms with E-state index in [0.29, 0.717) is 12.1 Å². The molecule has 1 unspecified atom stereocenters. The van der Waals surface area contributed by atoms with Gasteiger partial charge in [0, 0.05) is 12.1 Å². The highest BCUT2D eigenvalue weighted by Crippen LogP contribution is 2.12. The zero-order valence-electron chi connectivity index (χ0n) is 8.43. The number of hydrogen-bond acceptors (Lipinski definition) is 2. The minimum Gasteiger partial charge on any atom is -0.336 e. The fourth-order valence-electron chi connectivity index (χ4n) is 1.62. The smallest absolute Gasteiger partial charge is 0.324 e. The summed E-state index contributed by atoms with van der Waals surface area (Å²) in [4.78, 5) is 24.6. The summed E-state index contributed by atoms with van der Waals surface area (Å²) in [5, 5.41) is 2.64. The van der Waals surface area contributed by atoms with Crippen molar-refractivity contribution in [1.82, 2.24) is 10.2 Å². The van der Waals surface area contributed by atoms with Crippen molar-refractivity contribution in [3.05, 3.63) is 35.9 Å². The van der Waals surface area contributed by atoms with Crippen LogP contribution in [0.4, 0.5) is 4.79 Å². The maximum atomic E-state index is 11.9. The van der Waals surface area contributed by atoms with Gasteiger partial charge < -0.3 is 5.32 Å². The first kappa shape index (κ1) is 9.71. The summed E-state index contributed by atoms with van der Waals surface area (Å²) < 4.78 is 0. The summed E-state index contributed by atoms with van der Waals surface area (Å²) in [5.74, 6) is -0.238. The van der Waals surface area contributed by atoms with Gasteiger partial charge in [-0.15, -0.1) is 0 Å². The Morgan fingerprint density at radius 3 is 2.60 bits per heavy atom. The monoisotopic (exact) mass is 204 g/mol. The molecule has 4 nitrogen and oxygen atoms in total. The molecular weight excluding hydrogens is 192 g/mol. The lowest BCUT2D eigenvalue weighted by Crippen LogP contribution is -2.38. The Labute approximate surface area is 87.9 Å². The molecule has 78 valence electrons. The maximum absolute atomic E-state index is 11.9. The molecule has 1 saturated heterocycles. The van der Waals surface area contributed by atoms with E-state index in [2.05, 4.69) is 5.32 Å². The standard InChI is InChI=1S/C11H12N2O2/c1-8-7-12-11(15)13(8)10(14)9-5-3-2-4-6-9/h2-6,8H,7H2,1H3,(H,12,15). The van der Waals surface area contributed by atoms with Gasteiger partial charge in [-0.1, -0.05) is 18.2 Å². The Morgan fingerprint density at radius 2 is 2.07 bits per heavy atom. The molecule has 2 rings (SSSR count). The minimum atomic E-state index is -0.309. The van der Waals surface area contributed by atoms with E-state index in [0.717, 1.165) is 0 Å². The number of hydrogen-bond donors (Lipinski definition) is 1. The molecule has 0 saturated carbocycles. The third-order valence-corrected chi connectivity index (χ3v) is 2.45. The fraction of sp³-hybridized carbons (Fsp3) is 0.273. The van der Waals surface area contributed by atoms with E-state index in [9.17, 15) is 9.59 Å². The van der Waals surface area contributed by atoms with Crippen LogP contribution in [0.3, 0.4) is 0 Å². The van der Waals surface area contributed by atoms with E-state index < -0.39 is 0 Å². The SMILES string of the molecule is CC1CNC(=O)N1C(=O)c1ccccc1. The predicted octanol–water partition coefficient (Wildman–Crippen LogP) is 1.24. The second-order valence-corrected chi connectivity index (χ2v) is 3.58. The lowest BCUT2D eigenvalue weighted by Gasteiger charge is -2.17. The van der Waals surface area contributed by atoms with Crippen molar-refractivity contribution in [2.75, 3.05) is 6.54 Å². The number of benzene rings is 1. The number of imide groups is 1. The van der Waals surface area contributed by atoms with Crippen LogP contribution in [0.5, 0.6) is 0 Å². The highest BCUT2D eigenvalue weighted by molar-refractivity contribution is 6.05. The van der Waals surface area contributed by atoms with Gasteiger partial charge in [-0.25, -0.2) is 4.79 Å². The third-order valence-electron chi connectivity index (χ3n) is 2.45. The number of rotatable bonds is 1. The van der Waals surface area contributed by atoms with Gasteiger partial charge in [-0.3, -0.25) is 9.69 Å². The van der Waals surface area contributed by atoms with E-state index in [4.69, 9.17) is 0 Å². The molecule has 0 radical (unpaired) electrons. The molecule has 1 aliphatic heterocycles. The lowest BCUT2D eigenvalue weighted by atomic mass is 10.2. The molecule has 1 aromatic rings. The first-order valence-corrected chi connectivity index (χ1v) is 4.86. The van der Waals surface area contributed by atoms with Crippen LogP contribution in [0, 0.1) is 0 Å². The summed E-state index contributed by atoms with van der Waals surface area (Å²) in [5.41, 5.74) is 0.543. The summed E-state index contributed by atoms with van der Waals surface area (Å²) in [6.45, 7) is 2.37. The molecule has 1 fully saturated rings. The van der Waals surface area contributed by atoms with E-state index in [1.165, 1.54) is 4.90 Å². The van der Waals surface area contributed by atoms with Gasteiger partial charge >= 0.3 is 6.03 Å². The molecular formula is C11H12N2O2. The average Bonchev–Trinajstić information content (AvgIpc) is 2.59. The Bertz CT molecular complexity index is 389. The second-order valence-electron chi connectivity index (χ2n) is 3.58. The summed E-state index contributed by atoms with van der Waals surface area (Å²) in [7, 11) is 0. The van der Waals surface area contributed by atoms with Crippen LogP contribution < -0.4 is 5.32 Å². The number of urea groups is 1. The predicted molar refractivity (Wildman–Crippen MR) is 55.5 cm³/mol. The van der Waals surface area contributed by atoms with Gasteiger partial charge in [0.1, 0.15) is 0 Å². The molecule has 15 heavy (non-hydrogen) atoms. The van der Waals surface area contributed by atoms with Crippen LogP contribution in [0.15, 0.2) is 30.3 Å². The van der Waals surface area contributed by atoms with Crippen LogP contribution in [-0.4, -0.2) is 29.4 Å². The molecule has 0 bridgehead atoms. The van der Waals surface area contributed by atoms with E-state index >= 15 is 0 Å². The van der Waals surface area contributed by atoms with Crippen LogP contribution in [0.25, 0.3) is 0 Å². The largest absolute Gasteiger partial charge is 0.336 e. The number of nitrogens with zero attached hydrogens (tertiary/aromatic N) is 1. The van der Waals surface area contributed by atoms with Crippen LogP contribution in [0.1, 0.15) is 17.3 Å². The van der Waals surface area contributed by atoms with E-state index in [-0.39, 0.29) is 18.0 Å². The maximum Gasteiger partial charge on any atom is 0.324 e. The molecule has 0 aromatic heterocycles. The number of nitrogens with one attached hydrogen (secondary N) is 1. The first-order valence-electron chi connectivity index (χ1n) is 4.86. The summed E-state index contributed by atoms with van der Waals surface area (Å²) in [6, 6.07) is 8.44. The molecule has 0 spiro atoms. The van der Waals surface area contributed by atoms with E-state index in [1.807, 2.05) is 13.0 Å². The van der Waals surface area contributed by atoms with Crippen molar-refractivity contribution >= 4 is 11.9 Å². The lowest BCUT2D eigenvalue weighted by molar-refractivity contribution is 0.0794. The Kier molecular flexibility index (Phi) is 2.41. The van der Waals surface area contributed by atoms with E-state index in [1.54, 1.807) is 24.3 Å². The molecule has 1 atom stereocenters. The van der Waals surface area contributed by atoms with Gasteiger partial charge in [0.2, 0.25) is 0 Å². The van der Waals surface area contributed by atoms with Crippen LogP contribution in [0.2, 0.25) is 0 Å². The van der Waals surface area contributed by atoms with Gasteiger partial charge in [0.15, 0.2) is 0 Å². The Hall–Kier alpha value is -1.84. The molecule has 1 heterocycles. The van der Waals surface area contributed by atoms with Crippen molar-refractivity contribution in [1.29, 1.82) is 0 Å². The molecule has 1 aromatic carbocycles. The molecule has 1 aliphatic rings. The third kappa shape index (κ3) is 1.70. The summed E-state index contributed by atoms with van der Waals surface area (Å²) in [6.07, 6.45) is 0. The molecule has 0 aliphatic carbocycles. The van der Waals surface area contributed by atoms with Crippen LogP contribution in [-0.2, 0) is 0 Å². The first-order chi connectivity index (χ1) is 7.20. The fourth-order valence-corrected chi connectivity index (χ4v) is 1.62. The number of amides is 3. The Morgan fingerprint density at radius 1 is 1.40 bits per heavy atom. The van der Waals surface area contributed by atoms with Gasteiger partial charge in [-0.05, 0) is 19.1 Å². The van der Waals surface area contributed by atoms with Crippen molar-refractivity contribution in [2.45, 2.75) is 13.0 Å². The Balaban J connectivity index is 2.25. The number of carbonyl (C=O) groups excluding carboxylic acids is 2. The molecule has 4 heteroatoms. The highest BCUT2D eigenvalue weighted by Gasteiger charge is 2.32. The van der Waals surface area contributed by atoms with Crippen molar-refractivity contribution in [3.8, 4) is 0 Å².